The van der Waals surface area contributed by atoms with Crippen molar-refractivity contribution in [2.24, 2.45) is 5.92 Å². The molecule has 1 saturated heterocycles. The van der Waals surface area contributed by atoms with Crippen molar-refractivity contribution in [2.75, 3.05) is 12.3 Å². The van der Waals surface area contributed by atoms with Crippen LogP contribution in [0.15, 0.2) is 17.4 Å². The predicted molar refractivity (Wildman–Crippen MR) is 85.6 cm³/mol. The molecular weight excluding hydrogens is 282 g/mol. The summed E-state index contributed by atoms with van der Waals surface area (Å²) in [5, 5.41) is 4.47. The molecule has 4 nitrogen and oxygen atoms in total. The van der Waals surface area contributed by atoms with Crippen LogP contribution in [0.3, 0.4) is 0 Å². The van der Waals surface area contributed by atoms with Gasteiger partial charge in [-0.05, 0) is 24.5 Å². The number of unbranched alkanes of at least 4 members (excludes halogenated alkanes) is 3. The number of fused-ring (bicyclic) bond motifs is 2. The Morgan fingerprint density at radius 1 is 1.33 bits per heavy atom. The number of thioether (sulfide) groups is 1. The Balaban J connectivity index is 1.57. The van der Waals surface area contributed by atoms with Gasteiger partial charge in [0.15, 0.2) is 10.8 Å². The highest BCUT2D eigenvalue weighted by Crippen LogP contribution is 2.42. The number of aromatic nitrogens is 2. The van der Waals surface area contributed by atoms with Gasteiger partial charge in [0.1, 0.15) is 0 Å². The van der Waals surface area contributed by atoms with E-state index in [4.69, 9.17) is 4.74 Å². The molecule has 1 aromatic rings. The highest BCUT2D eigenvalue weighted by Gasteiger charge is 2.47. The molecule has 1 saturated carbocycles. The third kappa shape index (κ3) is 3.69. The van der Waals surface area contributed by atoms with Gasteiger partial charge in [0, 0.05) is 31.8 Å². The van der Waals surface area contributed by atoms with Gasteiger partial charge in [-0.3, -0.25) is 5.32 Å². The van der Waals surface area contributed by atoms with Crippen LogP contribution in [0.1, 0.15) is 51.9 Å². The Hall–Kier alpha value is -0.810. The second-order valence-electron chi connectivity index (χ2n) is 6.16. The molecule has 1 aromatic heterocycles. The molecule has 2 fully saturated rings. The molecule has 1 aliphatic carbocycles. The Morgan fingerprint density at radius 2 is 2.24 bits per heavy atom. The molecule has 3 rings (SSSR count). The molecule has 2 atom stereocenters. The molecule has 1 N–H and O–H groups in total. The minimum atomic E-state index is -0.168. The summed E-state index contributed by atoms with van der Waals surface area (Å²) in [4.78, 5) is 8.89. The van der Waals surface area contributed by atoms with Crippen LogP contribution >= 0.6 is 11.8 Å². The summed E-state index contributed by atoms with van der Waals surface area (Å²) in [6, 6.07) is 0. The van der Waals surface area contributed by atoms with Crippen LogP contribution < -0.4 is 10.1 Å². The fourth-order valence-corrected chi connectivity index (χ4v) is 4.16. The number of hydrogen-bond acceptors (Lipinski definition) is 5. The SMILES string of the molecule is CCCCCCSc1nccnc1OC12CCC(CN1)C2. The van der Waals surface area contributed by atoms with Crippen LogP contribution in [0.25, 0.3) is 0 Å². The Bertz CT molecular complexity index is 461. The topological polar surface area (TPSA) is 47.0 Å². The molecule has 2 aliphatic rings. The first kappa shape index (κ1) is 15.1. The van der Waals surface area contributed by atoms with E-state index in [2.05, 4.69) is 22.2 Å². The summed E-state index contributed by atoms with van der Waals surface area (Å²) in [6.07, 6.45) is 12.1. The van der Waals surface area contributed by atoms with Crippen LogP contribution in [-0.2, 0) is 0 Å². The fourth-order valence-electron chi connectivity index (χ4n) is 3.27. The normalized spacial score (nSPS) is 27.2. The van der Waals surface area contributed by atoms with Crippen molar-refractivity contribution in [1.29, 1.82) is 0 Å². The van der Waals surface area contributed by atoms with Gasteiger partial charge in [0.05, 0.1) is 0 Å². The maximum absolute atomic E-state index is 6.26. The summed E-state index contributed by atoms with van der Waals surface area (Å²) in [7, 11) is 0. The van der Waals surface area contributed by atoms with E-state index in [1.807, 2.05) is 0 Å². The molecule has 1 aliphatic heterocycles. The van der Waals surface area contributed by atoms with Crippen LogP contribution in [0.2, 0.25) is 0 Å². The number of hydrogen-bond donors (Lipinski definition) is 1. The van der Waals surface area contributed by atoms with E-state index in [1.54, 1.807) is 24.2 Å². The third-order valence-electron chi connectivity index (χ3n) is 4.45. The summed E-state index contributed by atoms with van der Waals surface area (Å²) in [5.41, 5.74) is -0.168. The Kier molecular flexibility index (Phi) is 5.01. The average Bonchev–Trinajstić information content (AvgIpc) is 3.09. The standard InChI is InChI=1S/C16H25N3OS/c1-2-3-4-5-10-21-15-14(17-8-9-18-15)20-16-7-6-13(11-16)12-19-16/h8-9,13,19H,2-7,10-12H2,1H3. The number of nitrogens with zero attached hydrogens (tertiary/aromatic N) is 2. The van der Waals surface area contributed by atoms with Gasteiger partial charge in [-0.2, -0.15) is 0 Å². The quantitative estimate of drug-likeness (QED) is 0.587. The zero-order valence-electron chi connectivity index (χ0n) is 12.8. The molecule has 2 bridgehead atoms. The van der Waals surface area contributed by atoms with E-state index in [9.17, 15) is 0 Å². The van der Waals surface area contributed by atoms with Gasteiger partial charge >= 0.3 is 0 Å². The fraction of sp³-hybridized carbons (Fsp3) is 0.750. The molecule has 2 unspecified atom stereocenters. The van der Waals surface area contributed by atoms with E-state index in [0.29, 0.717) is 5.88 Å². The van der Waals surface area contributed by atoms with E-state index in [-0.39, 0.29) is 5.72 Å². The number of ether oxygens (including phenoxy) is 1. The largest absolute Gasteiger partial charge is 0.454 e. The van der Waals surface area contributed by atoms with Crippen LogP contribution in [0, 0.1) is 5.92 Å². The van der Waals surface area contributed by atoms with Gasteiger partial charge in [0.25, 0.3) is 0 Å². The minimum Gasteiger partial charge on any atom is -0.454 e. The summed E-state index contributed by atoms with van der Waals surface area (Å²) in [5.74, 6) is 2.60. The Morgan fingerprint density at radius 3 is 2.95 bits per heavy atom. The van der Waals surface area contributed by atoms with Gasteiger partial charge in [0.2, 0.25) is 5.88 Å². The van der Waals surface area contributed by atoms with Crippen LogP contribution in [0.5, 0.6) is 5.88 Å². The number of nitrogens with one attached hydrogen (secondary N) is 1. The molecule has 5 heteroatoms. The summed E-state index contributed by atoms with van der Waals surface area (Å²) >= 11 is 1.78. The molecule has 2 heterocycles. The maximum atomic E-state index is 6.26. The van der Waals surface area contributed by atoms with E-state index >= 15 is 0 Å². The third-order valence-corrected chi connectivity index (χ3v) is 5.50. The summed E-state index contributed by atoms with van der Waals surface area (Å²) in [6.45, 7) is 3.32. The molecule has 0 radical (unpaired) electrons. The zero-order valence-corrected chi connectivity index (χ0v) is 13.6. The smallest absolute Gasteiger partial charge is 0.248 e. The number of rotatable bonds is 8. The lowest BCUT2D eigenvalue weighted by Gasteiger charge is -2.28. The first-order valence-corrected chi connectivity index (χ1v) is 9.18. The second kappa shape index (κ2) is 6.97. The lowest BCUT2D eigenvalue weighted by atomic mass is 10.1. The summed E-state index contributed by atoms with van der Waals surface area (Å²) < 4.78 is 6.26. The predicted octanol–water partition coefficient (Wildman–Crippen LogP) is 3.63. The Labute approximate surface area is 131 Å². The highest BCUT2D eigenvalue weighted by molar-refractivity contribution is 7.99. The van der Waals surface area contributed by atoms with Crippen molar-refractivity contribution >= 4 is 11.8 Å². The monoisotopic (exact) mass is 307 g/mol. The van der Waals surface area contributed by atoms with Crippen LogP contribution in [-0.4, -0.2) is 28.0 Å². The lowest BCUT2D eigenvalue weighted by Crippen LogP contribution is -2.45. The molecule has 116 valence electrons. The first-order chi connectivity index (χ1) is 10.3. The van der Waals surface area contributed by atoms with Gasteiger partial charge < -0.3 is 4.74 Å². The van der Waals surface area contributed by atoms with Gasteiger partial charge in [-0.25, -0.2) is 9.97 Å². The van der Waals surface area contributed by atoms with E-state index in [1.165, 1.54) is 32.1 Å². The molecule has 0 amide bonds. The molecule has 0 aromatic carbocycles. The van der Waals surface area contributed by atoms with Crippen molar-refractivity contribution in [3.8, 4) is 5.88 Å². The van der Waals surface area contributed by atoms with Crippen molar-refractivity contribution in [3.63, 3.8) is 0 Å². The van der Waals surface area contributed by atoms with Crippen LogP contribution in [0.4, 0.5) is 0 Å². The molecule has 21 heavy (non-hydrogen) atoms. The number of piperidine rings is 1. The highest BCUT2D eigenvalue weighted by atomic mass is 32.2. The van der Waals surface area contributed by atoms with E-state index in [0.717, 1.165) is 36.1 Å². The average molecular weight is 307 g/mol. The van der Waals surface area contributed by atoms with E-state index < -0.39 is 0 Å². The molecular formula is C16H25N3OS. The second-order valence-corrected chi connectivity index (χ2v) is 7.25. The van der Waals surface area contributed by atoms with Crippen molar-refractivity contribution in [1.82, 2.24) is 15.3 Å². The maximum Gasteiger partial charge on any atom is 0.248 e. The molecule has 0 spiro atoms. The van der Waals surface area contributed by atoms with Crippen molar-refractivity contribution in [3.05, 3.63) is 12.4 Å². The minimum absolute atomic E-state index is 0.168. The van der Waals surface area contributed by atoms with Crippen molar-refractivity contribution < 1.29 is 4.74 Å². The van der Waals surface area contributed by atoms with Gasteiger partial charge in [-0.1, -0.05) is 26.2 Å². The lowest BCUT2D eigenvalue weighted by molar-refractivity contribution is 0.0470. The first-order valence-electron chi connectivity index (χ1n) is 8.19. The zero-order chi connectivity index (χ0) is 14.5. The van der Waals surface area contributed by atoms with Gasteiger partial charge in [-0.15, -0.1) is 11.8 Å². The van der Waals surface area contributed by atoms with Crippen molar-refractivity contribution in [2.45, 2.75) is 62.6 Å².